The van der Waals surface area contributed by atoms with Crippen molar-refractivity contribution in [3.63, 3.8) is 0 Å². The summed E-state index contributed by atoms with van der Waals surface area (Å²) in [5.41, 5.74) is 1.63. The van der Waals surface area contributed by atoms with Crippen LogP contribution in [0.15, 0.2) is 11.3 Å². The fraction of sp³-hybridized carbons (Fsp3) is 0.750. The van der Waals surface area contributed by atoms with Gasteiger partial charge < -0.3 is 4.74 Å². The molecule has 1 saturated heterocycles. The van der Waals surface area contributed by atoms with E-state index >= 15 is 0 Å². The van der Waals surface area contributed by atoms with E-state index in [1.54, 1.807) is 0 Å². The van der Waals surface area contributed by atoms with Crippen LogP contribution in [0.3, 0.4) is 0 Å². The lowest BCUT2D eigenvalue weighted by molar-refractivity contribution is -0.149. The Balaban J connectivity index is 2.05. The Bertz CT molecular complexity index is 329. The van der Waals surface area contributed by atoms with E-state index in [4.69, 9.17) is 4.74 Å². The minimum Gasteiger partial charge on any atom is -0.431 e. The molecule has 1 aliphatic heterocycles. The molecular weight excluding hydrogens is 176 g/mol. The molecule has 0 radical (unpaired) electrons. The largest absolute Gasteiger partial charge is 0.431 e. The molecule has 1 spiro atoms. The SMILES string of the molecule is CC1=C2C[C@]3(CCC[C@H]3C1)CC(=O)O2. The van der Waals surface area contributed by atoms with Crippen LogP contribution in [0, 0.1) is 11.3 Å². The zero-order chi connectivity index (χ0) is 9.76. The molecule has 3 rings (SSSR count). The fourth-order valence-corrected chi connectivity index (χ4v) is 3.60. The van der Waals surface area contributed by atoms with Crippen molar-refractivity contribution in [2.24, 2.45) is 11.3 Å². The second-order valence-electron chi connectivity index (χ2n) is 5.19. The number of allylic oxidation sites excluding steroid dienone is 2. The molecule has 3 aliphatic rings. The molecule has 2 atom stereocenters. The highest BCUT2D eigenvalue weighted by molar-refractivity contribution is 5.73. The number of rotatable bonds is 0. The average molecular weight is 192 g/mol. The minimum atomic E-state index is 0.0113. The van der Waals surface area contributed by atoms with Crippen molar-refractivity contribution in [1.82, 2.24) is 0 Å². The Morgan fingerprint density at radius 2 is 2.29 bits per heavy atom. The van der Waals surface area contributed by atoms with Crippen LogP contribution < -0.4 is 0 Å². The van der Waals surface area contributed by atoms with Crippen LogP contribution in [0.2, 0.25) is 0 Å². The first-order chi connectivity index (χ1) is 6.70. The predicted molar refractivity (Wildman–Crippen MR) is 52.4 cm³/mol. The Labute approximate surface area is 84.3 Å². The molecule has 2 bridgehead atoms. The molecule has 2 fully saturated rings. The quantitative estimate of drug-likeness (QED) is 0.552. The van der Waals surface area contributed by atoms with Crippen molar-refractivity contribution < 1.29 is 9.53 Å². The summed E-state index contributed by atoms with van der Waals surface area (Å²) in [4.78, 5) is 11.5. The van der Waals surface area contributed by atoms with Crippen molar-refractivity contribution in [3.05, 3.63) is 11.3 Å². The number of carbonyl (C=O) groups is 1. The lowest BCUT2D eigenvalue weighted by atomic mass is 9.65. The standard InChI is InChI=1S/C12H16O2/c1-8-5-9-3-2-4-12(9)6-10(8)14-11(13)7-12/h9H,2-7H2,1H3/t9-,12+/m0/s1. The number of fused-ring (bicyclic) bond motifs is 1. The third-order valence-corrected chi connectivity index (χ3v) is 4.37. The summed E-state index contributed by atoms with van der Waals surface area (Å²) in [6.45, 7) is 2.12. The van der Waals surface area contributed by atoms with Crippen LogP contribution in [0.25, 0.3) is 0 Å². The topological polar surface area (TPSA) is 26.3 Å². The smallest absolute Gasteiger partial charge is 0.311 e. The van der Waals surface area contributed by atoms with Gasteiger partial charge in [0, 0.05) is 6.42 Å². The van der Waals surface area contributed by atoms with Crippen LogP contribution in [-0.4, -0.2) is 5.97 Å². The van der Waals surface area contributed by atoms with Crippen molar-refractivity contribution >= 4 is 5.97 Å². The Hall–Kier alpha value is -0.790. The molecular formula is C12H16O2. The molecule has 2 nitrogen and oxygen atoms in total. The van der Waals surface area contributed by atoms with Crippen LogP contribution in [0.1, 0.15) is 45.4 Å². The van der Waals surface area contributed by atoms with Gasteiger partial charge >= 0.3 is 5.97 Å². The van der Waals surface area contributed by atoms with Crippen molar-refractivity contribution in [2.45, 2.75) is 45.4 Å². The number of ether oxygens (including phenoxy) is 1. The first kappa shape index (κ1) is 8.51. The van der Waals surface area contributed by atoms with Crippen LogP contribution in [0.5, 0.6) is 0 Å². The molecule has 0 unspecified atom stereocenters. The van der Waals surface area contributed by atoms with E-state index in [0.29, 0.717) is 11.8 Å². The summed E-state index contributed by atoms with van der Waals surface area (Å²) in [5.74, 6) is 1.77. The Morgan fingerprint density at radius 3 is 3.14 bits per heavy atom. The maximum Gasteiger partial charge on any atom is 0.311 e. The van der Waals surface area contributed by atoms with E-state index in [1.165, 1.54) is 31.3 Å². The third kappa shape index (κ3) is 0.999. The molecule has 1 heterocycles. The highest BCUT2D eigenvalue weighted by atomic mass is 16.5. The number of hydrogen-bond acceptors (Lipinski definition) is 2. The molecule has 0 aromatic heterocycles. The van der Waals surface area contributed by atoms with Gasteiger partial charge in [-0.2, -0.15) is 0 Å². The third-order valence-electron chi connectivity index (χ3n) is 4.37. The van der Waals surface area contributed by atoms with Gasteiger partial charge in [0.15, 0.2) is 0 Å². The lowest BCUT2D eigenvalue weighted by Gasteiger charge is -2.43. The van der Waals surface area contributed by atoms with Crippen molar-refractivity contribution in [1.29, 1.82) is 0 Å². The van der Waals surface area contributed by atoms with Gasteiger partial charge in [-0.05, 0) is 43.1 Å². The van der Waals surface area contributed by atoms with Gasteiger partial charge in [-0.1, -0.05) is 6.42 Å². The highest BCUT2D eigenvalue weighted by Crippen LogP contribution is 2.58. The molecule has 0 aromatic rings. The zero-order valence-electron chi connectivity index (χ0n) is 8.64. The van der Waals surface area contributed by atoms with Gasteiger partial charge in [0.25, 0.3) is 0 Å². The minimum absolute atomic E-state index is 0.0113. The summed E-state index contributed by atoms with van der Waals surface area (Å²) in [6, 6.07) is 0. The number of carbonyl (C=O) groups excluding carboxylic acids is 1. The maximum atomic E-state index is 11.5. The van der Waals surface area contributed by atoms with E-state index in [1.807, 2.05) is 0 Å². The molecule has 2 aliphatic carbocycles. The van der Waals surface area contributed by atoms with E-state index in [-0.39, 0.29) is 5.97 Å². The van der Waals surface area contributed by atoms with Gasteiger partial charge in [0.1, 0.15) is 5.76 Å². The van der Waals surface area contributed by atoms with Gasteiger partial charge in [-0.15, -0.1) is 0 Å². The number of esters is 1. The fourth-order valence-electron chi connectivity index (χ4n) is 3.60. The van der Waals surface area contributed by atoms with Crippen molar-refractivity contribution in [2.75, 3.05) is 0 Å². The second kappa shape index (κ2) is 2.62. The second-order valence-corrected chi connectivity index (χ2v) is 5.19. The van der Waals surface area contributed by atoms with E-state index in [9.17, 15) is 4.79 Å². The summed E-state index contributed by atoms with van der Waals surface area (Å²) in [6.07, 6.45) is 6.74. The van der Waals surface area contributed by atoms with E-state index in [0.717, 1.165) is 18.1 Å². The monoisotopic (exact) mass is 192 g/mol. The maximum absolute atomic E-state index is 11.5. The molecule has 1 saturated carbocycles. The predicted octanol–water partition coefficient (Wildman–Crippen LogP) is 2.79. The van der Waals surface area contributed by atoms with Gasteiger partial charge in [0.2, 0.25) is 0 Å². The first-order valence-electron chi connectivity index (χ1n) is 5.59. The molecule has 0 amide bonds. The highest BCUT2D eigenvalue weighted by Gasteiger charge is 2.50. The molecule has 0 N–H and O–H groups in total. The van der Waals surface area contributed by atoms with E-state index in [2.05, 4.69) is 6.92 Å². The van der Waals surface area contributed by atoms with Gasteiger partial charge in [0.05, 0.1) is 6.42 Å². The Morgan fingerprint density at radius 1 is 1.43 bits per heavy atom. The summed E-state index contributed by atoms with van der Waals surface area (Å²) >= 11 is 0. The summed E-state index contributed by atoms with van der Waals surface area (Å²) in [7, 11) is 0. The lowest BCUT2D eigenvalue weighted by Crippen LogP contribution is -2.38. The van der Waals surface area contributed by atoms with Crippen molar-refractivity contribution in [3.8, 4) is 0 Å². The van der Waals surface area contributed by atoms with Gasteiger partial charge in [-0.25, -0.2) is 0 Å². The van der Waals surface area contributed by atoms with Crippen LogP contribution >= 0.6 is 0 Å². The number of hydrogen-bond donors (Lipinski definition) is 0. The Kier molecular flexibility index (Phi) is 1.59. The average Bonchev–Trinajstić information content (AvgIpc) is 2.47. The molecule has 0 aromatic carbocycles. The van der Waals surface area contributed by atoms with Crippen LogP contribution in [0.4, 0.5) is 0 Å². The normalized spacial score (nSPS) is 40.9. The molecule has 2 heteroatoms. The summed E-state index contributed by atoms with van der Waals surface area (Å²) in [5, 5.41) is 0. The summed E-state index contributed by atoms with van der Waals surface area (Å²) < 4.78 is 5.31. The molecule has 14 heavy (non-hydrogen) atoms. The molecule has 76 valence electrons. The van der Waals surface area contributed by atoms with E-state index < -0.39 is 0 Å². The first-order valence-corrected chi connectivity index (χ1v) is 5.59. The van der Waals surface area contributed by atoms with Gasteiger partial charge in [-0.3, -0.25) is 4.79 Å². The zero-order valence-corrected chi connectivity index (χ0v) is 8.64. The van der Waals surface area contributed by atoms with Crippen LogP contribution in [-0.2, 0) is 9.53 Å².